The molecule has 1 atom stereocenters. The van der Waals surface area contributed by atoms with Gasteiger partial charge in [0, 0.05) is 18.6 Å². The summed E-state index contributed by atoms with van der Waals surface area (Å²) >= 11 is 0. The van der Waals surface area contributed by atoms with Crippen molar-refractivity contribution in [1.82, 2.24) is 5.32 Å². The third-order valence-corrected chi connectivity index (χ3v) is 1.89. The summed E-state index contributed by atoms with van der Waals surface area (Å²) in [5.41, 5.74) is -0.208. The van der Waals surface area contributed by atoms with Crippen LogP contribution >= 0.6 is 0 Å². The van der Waals surface area contributed by atoms with Gasteiger partial charge in [-0.05, 0) is 12.1 Å². The van der Waals surface area contributed by atoms with Gasteiger partial charge in [-0.1, -0.05) is 0 Å². The van der Waals surface area contributed by atoms with Crippen LogP contribution in [0.3, 0.4) is 0 Å². The first kappa shape index (κ1) is 12.0. The average Bonchev–Trinajstić information content (AvgIpc) is 2.14. The van der Waals surface area contributed by atoms with Crippen molar-refractivity contribution in [3.63, 3.8) is 0 Å². The van der Waals surface area contributed by atoms with E-state index in [4.69, 9.17) is 10.2 Å². The Labute approximate surface area is 90.5 Å². The number of carboxylic acid groups (broad SMARTS) is 1. The zero-order chi connectivity index (χ0) is 12.3. The Hall–Kier alpha value is -2.11. The Bertz CT molecular complexity index is 433. The molecule has 1 amide bonds. The average molecular weight is 227 g/mol. The SMILES string of the molecule is CC(=O)NC(C(=O)O)c1ccc(O)cc1F. The third kappa shape index (κ3) is 2.69. The number of amides is 1. The normalized spacial score (nSPS) is 11.9. The van der Waals surface area contributed by atoms with Gasteiger partial charge < -0.3 is 15.5 Å². The zero-order valence-corrected chi connectivity index (χ0v) is 8.40. The quantitative estimate of drug-likeness (QED) is 0.712. The van der Waals surface area contributed by atoms with Gasteiger partial charge in [0.1, 0.15) is 11.6 Å². The number of hydrogen-bond donors (Lipinski definition) is 3. The second kappa shape index (κ2) is 4.61. The van der Waals surface area contributed by atoms with E-state index < -0.39 is 23.7 Å². The monoisotopic (exact) mass is 227 g/mol. The van der Waals surface area contributed by atoms with E-state index in [1.807, 2.05) is 0 Å². The summed E-state index contributed by atoms with van der Waals surface area (Å²) in [4.78, 5) is 21.6. The zero-order valence-electron chi connectivity index (χ0n) is 8.40. The fourth-order valence-corrected chi connectivity index (χ4v) is 1.23. The van der Waals surface area contributed by atoms with Crippen LogP contribution in [0, 0.1) is 5.82 Å². The lowest BCUT2D eigenvalue weighted by atomic mass is 10.1. The van der Waals surface area contributed by atoms with E-state index in [0.717, 1.165) is 25.1 Å². The highest BCUT2D eigenvalue weighted by molar-refractivity contribution is 5.83. The van der Waals surface area contributed by atoms with Crippen molar-refractivity contribution in [3.8, 4) is 5.75 Å². The van der Waals surface area contributed by atoms with Crippen molar-refractivity contribution in [1.29, 1.82) is 0 Å². The van der Waals surface area contributed by atoms with Crippen molar-refractivity contribution >= 4 is 11.9 Å². The lowest BCUT2D eigenvalue weighted by Crippen LogP contribution is -2.32. The fraction of sp³-hybridized carbons (Fsp3) is 0.200. The molecular weight excluding hydrogens is 217 g/mol. The van der Waals surface area contributed by atoms with Gasteiger partial charge in [-0.2, -0.15) is 0 Å². The number of hydrogen-bond acceptors (Lipinski definition) is 3. The number of benzene rings is 1. The number of halogens is 1. The van der Waals surface area contributed by atoms with E-state index in [9.17, 15) is 14.0 Å². The first-order valence-electron chi connectivity index (χ1n) is 4.40. The van der Waals surface area contributed by atoms with Crippen LogP contribution < -0.4 is 5.32 Å². The van der Waals surface area contributed by atoms with Crippen LogP contribution in [-0.2, 0) is 9.59 Å². The minimum Gasteiger partial charge on any atom is -0.508 e. The summed E-state index contributed by atoms with van der Waals surface area (Å²) in [6.07, 6.45) is 0. The van der Waals surface area contributed by atoms with E-state index in [1.165, 1.54) is 0 Å². The molecule has 1 rings (SSSR count). The number of phenols is 1. The van der Waals surface area contributed by atoms with E-state index >= 15 is 0 Å². The van der Waals surface area contributed by atoms with E-state index in [1.54, 1.807) is 0 Å². The second-order valence-corrected chi connectivity index (χ2v) is 3.18. The molecule has 0 aliphatic heterocycles. The van der Waals surface area contributed by atoms with Crippen molar-refractivity contribution < 1.29 is 24.2 Å². The molecule has 1 unspecified atom stereocenters. The minimum atomic E-state index is -1.46. The molecule has 0 aromatic heterocycles. The van der Waals surface area contributed by atoms with Gasteiger partial charge in [-0.15, -0.1) is 0 Å². The number of rotatable bonds is 3. The van der Waals surface area contributed by atoms with Gasteiger partial charge in [0.15, 0.2) is 6.04 Å². The van der Waals surface area contributed by atoms with Gasteiger partial charge >= 0.3 is 5.97 Å². The Morgan fingerprint density at radius 2 is 2.06 bits per heavy atom. The van der Waals surface area contributed by atoms with Gasteiger partial charge in [0.25, 0.3) is 0 Å². The predicted octanol–water partition coefficient (Wildman–Crippen LogP) is 0.793. The number of phenolic OH excluding ortho intramolecular Hbond substituents is 1. The molecule has 16 heavy (non-hydrogen) atoms. The number of carbonyl (C=O) groups excluding carboxylic acids is 1. The number of aliphatic carboxylic acids is 1. The molecule has 3 N–H and O–H groups in total. The molecule has 5 nitrogen and oxygen atoms in total. The standard InChI is InChI=1S/C10H10FNO4/c1-5(13)12-9(10(15)16)7-3-2-6(14)4-8(7)11/h2-4,9,14H,1H3,(H,12,13)(H,15,16). The number of carboxylic acids is 1. The summed E-state index contributed by atoms with van der Waals surface area (Å²) in [5, 5.41) is 19.9. The Kier molecular flexibility index (Phi) is 3.44. The lowest BCUT2D eigenvalue weighted by Gasteiger charge is -2.14. The van der Waals surface area contributed by atoms with Gasteiger partial charge in [0.05, 0.1) is 0 Å². The molecule has 86 valence electrons. The molecule has 0 saturated carbocycles. The van der Waals surface area contributed by atoms with Crippen LogP contribution in [0.25, 0.3) is 0 Å². The first-order chi connectivity index (χ1) is 7.41. The first-order valence-corrected chi connectivity index (χ1v) is 4.40. The van der Waals surface area contributed by atoms with Crippen LogP contribution in [0.1, 0.15) is 18.5 Å². The Balaban J connectivity index is 3.10. The fourth-order valence-electron chi connectivity index (χ4n) is 1.23. The molecule has 6 heteroatoms. The van der Waals surface area contributed by atoms with Crippen LogP contribution in [0.15, 0.2) is 18.2 Å². The van der Waals surface area contributed by atoms with E-state index in [-0.39, 0.29) is 11.3 Å². The summed E-state index contributed by atoms with van der Waals surface area (Å²) in [6.45, 7) is 1.13. The molecule has 0 radical (unpaired) electrons. The molecule has 0 saturated heterocycles. The highest BCUT2D eigenvalue weighted by Gasteiger charge is 2.23. The maximum absolute atomic E-state index is 13.3. The molecule has 1 aromatic rings. The van der Waals surface area contributed by atoms with Crippen molar-refractivity contribution in [3.05, 3.63) is 29.6 Å². The predicted molar refractivity (Wildman–Crippen MR) is 52.3 cm³/mol. The smallest absolute Gasteiger partial charge is 0.331 e. The maximum Gasteiger partial charge on any atom is 0.331 e. The highest BCUT2D eigenvalue weighted by Crippen LogP contribution is 2.21. The molecule has 0 aliphatic rings. The Morgan fingerprint density at radius 3 is 2.50 bits per heavy atom. The molecule has 1 aromatic carbocycles. The molecule has 0 heterocycles. The topological polar surface area (TPSA) is 86.6 Å². The van der Waals surface area contributed by atoms with Crippen LogP contribution in [-0.4, -0.2) is 22.1 Å². The van der Waals surface area contributed by atoms with Crippen LogP contribution in [0.5, 0.6) is 5.75 Å². The molecular formula is C10H10FNO4. The lowest BCUT2D eigenvalue weighted by molar-refractivity contribution is -0.141. The third-order valence-electron chi connectivity index (χ3n) is 1.89. The number of nitrogens with one attached hydrogen (secondary N) is 1. The van der Waals surface area contributed by atoms with Gasteiger partial charge in [-0.25, -0.2) is 9.18 Å². The largest absolute Gasteiger partial charge is 0.508 e. The Morgan fingerprint density at radius 1 is 1.44 bits per heavy atom. The summed E-state index contributed by atoms with van der Waals surface area (Å²) < 4.78 is 13.3. The van der Waals surface area contributed by atoms with Gasteiger partial charge in [-0.3, -0.25) is 4.79 Å². The van der Waals surface area contributed by atoms with Crippen LogP contribution in [0.2, 0.25) is 0 Å². The number of aromatic hydroxyl groups is 1. The molecule has 0 fully saturated rings. The molecule has 0 aliphatic carbocycles. The molecule has 0 bridgehead atoms. The summed E-state index contributed by atoms with van der Waals surface area (Å²) in [5.74, 6) is -3.16. The summed E-state index contributed by atoms with van der Waals surface area (Å²) in [6, 6.07) is 1.58. The van der Waals surface area contributed by atoms with Crippen LogP contribution in [0.4, 0.5) is 4.39 Å². The summed E-state index contributed by atoms with van der Waals surface area (Å²) in [7, 11) is 0. The highest BCUT2D eigenvalue weighted by atomic mass is 19.1. The molecule has 0 spiro atoms. The van der Waals surface area contributed by atoms with Crippen molar-refractivity contribution in [2.75, 3.05) is 0 Å². The van der Waals surface area contributed by atoms with Crippen molar-refractivity contribution in [2.24, 2.45) is 0 Å². The van der Waals surface area contributed by atoms with Gasteiger partial charge in [0.2, 0.25) is 5.91 Å². The van der Waals surface area contributed by atoms with E-state index in [2.05, 4.69) is 5.32 Å². The minimum absolute atomic E-state index is 0.208. The van der Waals surface area contributed by atoms with E-state index in [0.29, 0.717) is 0 Å². The van der Waals surface area contributed by atoms with Crippen molar-refractivity contribution in [2.45, 2.75) is 13.0 Å². The number of carbonyl (C=O) groups is 2. The second-order valence-electron chi connectivity index (χ2n) is 3.18. The maximum atomic E-state index is 13.3.